The van der Waals surface area contributed by atoms with E-state index in [1.807, 2.05) is 17.0 Å². The largest absolute Gasteiger partial charge is 0.373 e. The fourth-order valence-electron chi connectivity index (χ4n) is 2.78. The summed E-state index contributed by atoms with van der Waals surface area (Å²) in [5.41, 5.74) is 2.39. The zero-order valence-electron chi connectivity index (χ0n) is 9.98. The van der Waals surface area contributed by atoms with Gasteiger partial charge >= 0.3 is 0 Å². The standard InChI is InChI=1S/C14H18N2O/c17-14(16-8-4-1-5-9-16)13-10-11-6-2-3-7-12(11)15-13/h2-3,6-7,13,15H,1,4-5,8-10H2/t13-/m0/s1. The second-order valence-corrected chi connectivity index (χ2v) is 4.94. The molecule has 1 aromatic rings. The third-order valence-electron chi connectivity index (χ3n) is 3.74. The van der Waals surface area contributed by atoms with Crippen molar-refractivity contribution in [3.63, 3.8) is 0 Å². The first-order valence-electron chi connectivity index (χ1n) is 6.48. The number of likely N-dealkylation sites (tertiary alicyclic amines) is 1. The number of piperidine rings is 1. The van der Waals surface area contributed by atoms with E-state index in [0.29, 0.717) is 0 Å². The average Bonchev–Trinajstić information content (AvgIpc) is 2.82. The minimum atomic E-state index is -0.0366. The molecule has 3 rings (SSSR count). The molecule has 0 bridgehead atoms. The number of carbonyl (C=O) groups is 1. The van der Waals surface area contributed by atoms with Crippen LogP contribution in [0.1, 0.15) is 24.8 Å². The van der Waals surface area contributed by atoms with Crippen LogP contribution in [0.2, 0.25) is 0 Å². The lowest BCUT2D eigenvalue weighted by atomic mass is 10.1. The van der Waals surface area contributed by atoms with Crippen LogP contribution in [0.15, 0.2) is 24.3 Å². The van der Waals surface area contributed by atoms with E-state index in [1.54, 1.807) is 0 Å². The Labute approximate surface area is 102 Å². The zero-order chi connectivity index (χ0) is 11.7. The van der Waals surface area contributed by atoms with Gasteiger partial charge in [-0.05, 0) is 30.9 Å². The minimum Gasteiger partial charge on any atom is -0.373 e. The fourth-order valence-corrected chi connectivity index (χ4v) is 2.78. The van der Waals surface area contributed by atoms with Crippen LogP contribution in [0.5, 0.6) is 0 Å². The number of rotatable bonds is 1. The molecule has 1 atom stereocenters. The van der Waals surface area contributed by atoms with Crippen molar-refractivity contribution in [3.8, 4) is 0 Å². The Morgan fingerprint density at radius 3 is 2.71 bits per heavy atom. The number of nitrogens with zero attached hydrogens (tertiary/aromatic N) is 1. The summed E-state index contributed by atoms with van der Waals surface area (Å²) in [5.74, 6) is 0.279. The molecule has 2 aliphatic rings. The lowest BCUT2D eigenvalue weighted by Gasteiger charge is -2.29. The van der Waals surface area contributed by atoms with E-state index in [1.165, 1.54) is 12.0 Å². The van der Waals surface area contributed by atoms with Gasteiger partial charge in [-0.15, -0.1) is 0 Å². The van der Waals surface area contributed by atoms with E-state index in [2.05, 4.69) is 17.4 Å². The van der Waals surface area contributed by atoms with Gasteiger partial charge in [0.25, 0.3) is 0 Å². The van der Waals surface area contributed by atoms with Crippen molar-refractivity contribution < 1.29 is 4.79 Å². The molecule has 1 aromatic carbocycles. The van der Waals surface area contributed by atoms with Gasteiger partial charge in [0.15, 0.2) is 0 Å². The molecule has 2 aliphatic heterocycles. The summed E-state index contributed by atoms with van der Waals surface area (Å²) in [5, 5.41) is 3.34. The van der Waals surface area contributed by atoms with Gasteiger partial charge in [-0.1, -0.05) is 18.2 Å². The highest BCUT2D eigenvalue weighted by Crippen LogP contribution is 2.26. The molecule has 1 fully saturated rings. The van der Waals surface area contributed by atoms with Gasteiger partial charge in [-0.25, -0.2) is 0 Å². The molecule has 90 valence electrons. The Hall–Kier alpha value is -1.51. The second-order valence-electron chi connectivity index (χ2n) is 4.94. The summed E-state index contributed by atoms with van der Waals surface area (Å²) < 4.78 is 0. The molecule has 0 saturated carbocycles. The third kappa shape index (κ3) is 2.02. The van der Waals surface area contributed by atoms with Crippen molar-refractivity contribution >= 4 is 11.6 Å². The zero-order valence-corrected chi connectivity index (χ0v) is 9.98. The quantitative estimate of drug-likeness (QED) is 0.800. The molecule has 0 radical (unpaired) electrons. The highest BCUT2D eigenvalue weighted by atomic mass is 16.2. The first kappa shape index (κ1) is 10.6. The smallest absolute Gasteiger partial charge is 0.245 e. The number of para-hydroxylation sites is 1. The molecule has 1 N–H and O–H groups in total. The average molecular weight is 230 g/mol. The summed E-state index contributed by atoms with van der Waals surface area (Å²) in [7, 11) is 0. The van der Waals surface area contributed by atoms with Crippen LogP contribution in [0.3, 0.4) is 0 Å². The van der Waals surface area contributed by atoms with Crippen LogP contribution >= 0.6 is 0 Å². The molecule has 3 nitrogen and oxygen atoms in total. The monoisotopic (exact) mass is 230 g/mol. The van der Waals surface area contributed by atoms with Gasteiger partial charge in [0.05, 0.1) is 0 Å². The van der Waals surface area contributed by atoms with Crippen molar-refractivity contribution in [3.05, 3.63) is 29.8 Å². The van der Waals surface area contributed by atoms with E-state index < -0.39 is 0 Å². The maximum atomic E-state index is 12.3. The lowest BCUT2D eigenvalue weighted by molar-refractivity contribution is -0.132. The van der Waals surface area contributed by atoms with Gasteiger partial charge in [-0.3, -0.25) is 4.79 Å². The van der Waals surface area contributed by atoms with Crippen LogP contribution < -0.4 is 5.32 Å². The van der Waals surface area contributed by atoms with Gasteiger partial charge in [0.1, 0.15) is 6.04 Å². The lowest BCUT2D eigenvalue weighted by Crippen LogP contribution is -2.44. The molecule has 0 aliphatic carbocycles. The van der Waals surface area contributed by atoms with Crippen molar-refractivity contribution in [1.82, 2.24) is 4.90 Å². The van der Waals surface area contributed by atoms with E-state index in [0.717, 1.165) is 38.0 Å². The minimum absolute atomic E-state index is 0.0366. The molecular weight excluding hydrogens is 212 g/mol. The van der Waals surface area contributed by atoms with Crippen molar-refractivity contribution in [2.75, 3.05) is 18.4 Å². The Morgan fingerprint density at radius 2 is 1.94 bits per heavy atom. The van der Waals surface area contributed by atoms with Crippen LogP contribution in [-0.4, -0.2) is 29.9 Å². The summed E-state index contributed by atoms with van der Waals surface area (Å²) in [6.45, 7) is 1.88. The summed E-state index contributed by atoms with van der Waals surface area (Å²) in [6.07, 6.45) is 4.42. The van der Waals surface area contributed by atoms with Crippen LogP contribution in [0, 0.1) is 0 Å². The highest BCUT2D eigenvalue weighted by Gasteiger charge is 2.30. The molecular formula is C14H18N2O. The Bertz CT molecular complexity index is 399. The van der Waals surface area contributed by atoms with Crippen molar-refractivity contribution in [2.45, 2.75) is 31.7 Å². The van der Waals surface area contributed by atoms with E-state index in [9.17, 15) is 4.79 Å². The number of hydrogen-bond donors (Lipinski definition) is 1. The van der Waals surface area contributed by atoms with Crippen LogP contribution in [-0.2, 0) is 11.2 Å². The van der Waals surface area contributed by atoms with Crippen LogP contribution in [0.25, 0.3) is 0 Å². The van der Waals surface area contributed by atoms with Gasteiger partial charge in [0, 0.05) is 25.2 Å². The number of hydrogen-bond acceptors (Lipinski definition) is 2. The highest BCUT2D eigenvalue weighted by molar-refractivity contribution is 5.87. The summed E-state index contributed by atoms with van der Waals surface area (Å²) in [4.78, 5) is 14.4. The van der Waals surface area contributed by atoms with Crippen molar-refractivity contribution in [2.24, 2.45) is 0 Å². The third-order valence-corrected chi connectivity index (χ3v) is 3.74. The number of carbonyl (C=O) groups excluding carboxylic acids is 1. The molecule has 1 amide bonds. The molecule has 17 heavy (non-hydrogen) atoms. The van der Waals surface area contributed by atoms with E-state index in [-0.39, 0.29) is 11.9 Å². The molecule has 1 saturated heterocycles. The van der Waals surface area contributed by atoms with Gasteiger partial charge in [-0.2, -0.15) is 0 Å². The second kappa shape index (κ2) is 4.40. The predicted octanol–water partition coefficient (Wildman–Crippen LogP) is 2.04. The number of amides is 1. The Kier molecular flexibility index (Phi) is 2.75. The van der Waals surface area contributed by atoms with E-state index in [4.69, 9.17) is 0 Å². The maximum Gasteiger partial charge on any atom is 0.245 e. The first-order chi connectivity index (χ1) is 8.34. The van der Waals surface area contributed by atoms with Gasteiger partial charge in [0.2, 0.25) is 5.91 Å². The molecule has 2 heterocycles. The maximum absolute atomic E-state index is 12.3. The molecule has 0 unspecified atom stereocenters. The topological polar surface area (TPSA) is 32.3 Å². The normalized spacial score (nSPS) is 23.1. The van der Waals surface area contributed by atoms with Crippen LogP contribution in [0.4, 0.5) is 5.69 Å². The molecule has 0 spiro atoms. The summed E-state index contributed by atoms with van der Waals surface area (Å²) >= 11 is 0. The fraction of sp³-hybridized carbons (Fsp3) is 0.500. The number of benzene rings is 1. The SMILES string of the molecule is O=C([C@@H]1Cc2ccccc2N1)N1CCCCC1. The predicted molar refractivity (Wildman–Crippen MR) is 68.0 cm³/mol. The van der Waals surface area contributed by atoms with Gasteiger partial charge < -0.3 is 10.2 Å². The van der Waals surface area contributed by atoms with Crippen molar-refractivity contribution in [1.29, 1.82) is 0 Å². The number of anilines is 1. The first-order valence-corrected chi connectivity index (χ1v) is 6.48. The summed E-state index contributed by atoms with van der Waals surface area (Å²) in [6, 6.07) is 8.17. The number of nitrogens with one attached hydrogen (secondary N) is 1. The Balaban J connectivity index is 1.69. The molecule has 3 heteroatoms. The molecule has 0 aromatic heterocycles. The van der Waals surface area contributed by atoms with E-state index >= 15 is 0 Å². The number of fused-ring (bicyclic) bond motifs is 1. The Morgan fingerprint density at radius 1 is 1.18 bits per heavy atom.